The standard InChI is InChI=1S/C46H28N4S/c1-2-12-29(13-3-1)37-17-10-22-45(47-37)49-39-19-7-4-14-31(39)34-27-35-32-15-5-8-20-40(32)50(42(35)28-41(34)49)46-23-11-18-38(48-46)30-24-25-44-36(26-30)33-16-6-9-21-43(33)51-44/h1-28H. The molecule has 5 heteroatoms. The molecule has 5 aromatic heterocycles. The zero-order chi connectivity index (χ0) is 33.5. The Kier molecular flexibility index (Phi) is 6.09. The molecule has 0 spiro atoms. The molecule has 0 N–H and O–H groups in total. The van der Waals surface area contributed by atoms with Crippen LogP contribution in [0.4, 0.5) is 0 Å². The Hall–Kier alpha value is -6.56. The Morgan fingerprint density at radius 3 is 1.55 bits per heavy atom. The van der Waals surface area contributed by atoms with Gasteiger partial charge in [-0.3, -0.25) is 9.13 Å². The third kappa shape index (κ3) is 4.32. The molecule has 238 valence electrons. The van der Waals surface area contributed by atoms with Crippen LogP contribution in [-0.4, -0.2) is 19.1 Å². The van der Waals surface area contributed by atoms with Gasteiger partial charge < -0.3 is 0 Å². The Morgan fingerprint density at radius 1 is 0.333 bits per heavy atom. The summed E-state index contributed by atoms with van der Waals surface area (Å²) in [4.78, 5) is 10.6. The second kappa shape index (κ2) is 11.0. The van der Waals surface area contributed by atoms with Crippen molar-refractivity contribution >= 4 is 75.1 Å². The fraction of sp³-hybridized carbons (Fsp3) is 0. The second-order valence-corrected chi connectivity index (χ2v) is 14.1. The van der Waals surface area contributed by atoms with E-state index in [-0.39, 0.29) is 0 Å². The van der Waals surface area contributed by atoms with Crippen molar-refractivity contribution in [2.24, 2.45) is 0 Å². The lowest BCUT2D eigenvalue weighted by Crippen LogP contribution is -2.00. The zero-order valence-corrected chi connectivity index (χ0v) is 28.2. The molecule has 4 nitrogen and oxygen atoms in total. The van der Waals surface area contributed by atoms with Crippen LogP contribution in [0.2, 0.25) is 0 Å². The van der Waals surface area contributed by atoms with Crippen molar-refractivity contribution < 1.29 is 0 Å². The average molecular weight is 669 g/mol. The molecule has 51 heavy (non-hydrogen) atoms. The molecule has 0 aliphatic rings. The minimum absolute atomic E-state index is 0.889. The summed E-state index contributed by atoms with van der Waals surface area (Å²) in [7, 11) is 0. The monoisotopic (exact) mass is 668 g/mol. The van der Waals surface area contributed by atoms with Crippen LogP contribution in [0.25, 0.3) is 97.9 Å². The summed E-state index contributed by atoms with van der Waals surface area (Å²) in [5, 5.41) is 7.37. The maximum atomic E-state index is 5.35. The van der Waals surface area contributed by atoms with Gasteiger partial charge in [-0.05, 0) is 66.7 Å². The Bertz CT molecular complexity index is 3150. The van der Waals surface area contributed by atoms with Crippen molar-refractivity contribution in [2.75, 3.05) is 0 Å². The summed E-state index contributed by atoms with van der Waals surface area (Å²) < 4.78 is 7.23. The van der Waals surface area contributed by atoms with E-state index in [1.165, 1.54) is 41.7 Å². The number of nitrogens with zero attached hydrogens (tertiary/aromatic N) is 4. The van der Waals surface area contributed by atoms with E-state index in [1.54, 1.807) is 0 Å². The van der Waals surface area contributed by atoms with Crippen LogP contribution in [0.5, 0.6) is 0 Å². The molecule has 0 bridgehead atoms. The summed E-state index contributed by atoms with van der Waals surface area (Å²) in [5.41, 5.74) is 8.58. The molecule has 0 saturated heterocycles. The molecule has 0 radical (unpaired) electrons. The summed E-state index contributed by atoms with van der Waals surface area (Å²) >= 11 is 1.84. The number of aromatic nitrogens is 4. The fourth-order valence-electron chi connectivity index (χ4n) is 7.84. The van der Waals surface area contributed by atoms with Gasteiger partial charge in [-0.1, -0.05) is 103 Å². The maximum Gasteiger partial charge on any atom is 0.138 e. The molecule has 6 aromatic carbocycles. The van der Waals surface area contributed by atoms with E-state index in [0.29, 0.717) is 0 Å². The van der Waals surface area contributed by atoms with Crippen molar-refractivity contribution in [3.63, 3.8) is 0 Å². The summed E-state index contributed by atoms with van der Waals surface area (Å²) in [5.74, 6) is 1.78. The van der Waals surface area contributed by atoms with Gasteiger partial charge in [0.05, 0.1) is 33.5 Å². The zero-order valence-electron chi connectivity index (χ0n) is 27.4. The normalized spacial score (nSPS) is 11.9. The SMILES string of the molecule is c1ccc(-c2cccc(-n3c4ccccc4c4cc5c6ccccc6n(-c6cccc(-c7ccc8sc9ccccc9c8c7)n6)c5cc43)n2)cc1. The highest BCUT2D eigenvalue weighted by Gasteiger charge is 2.20. The number of benzene rings is 6. The molecule has 5 heterocycles. The first kappa shape index (κ1) is 28.3. The molecule has 0 aliphatic carbocycles. The van der Waals surface area contributed by atoms with E-state index >= 15 is 0 Å². The van der Waals surface area contributed by atoms with E-state index in [2.05, 4.69) is 173 Å². The number of para-hydroxylation sites is 2. The van der Waals surface area contributed by atoms with Crippen LogP contribution < -0.4 is 0 Å². The van der Waals surface area contributed by atoms with Crippen LogP contribution in [-0.2, 0) is 0 Å². The van der Waals surface area contributed by atoms with Crippen molar-refractivity contribution in [1.29, 1.82) is 0 Å². The molecule has 0 aliphatic heterocycles. The lowest BCUT2D eigenvalue weighted by Gasteiger charge is -2.11. The number of rotatable bonds is 4. The fourth-order valence-corrected chi connectivity index (χ4v) is 8.92. The van der Waals surface area contributed by atoms with Gasteiger partial charge in [0.15, 0.2) is 0 Å². The summed E-state index contributed by atoms with van der Waals surface area (Å²) in [6.45, 7) is 0. The molecule has 0 unspecified atom stereocenters. The van der Waals surface area contributed by atoms with Gasteiger partial charge >= 0.3 is 0 Å². The van der Waals surface area contributed by atoms with Gasteiger partial charge in [-0.2, -0.15) is 0 Å². The van der Waals surface area contributed by atoms with E-state index in [1.807, 2.05) is 17.4 Å². The van der Waals surface area contributed by atoms with Gasteiger partial charge in [0.2, 0.25) is 0 Å². The predicted molar refractivity (Wildman–Crippen MR) is 214 cm³/mol. The van der Waals surface area contributed by atoms with Crippen molar-refractivity contribution in [3.05, 3.63) is 170 Å². The van der Waals surface area contributed by atoms with Crippen molar-refractivity contribution in [3.8, 4) is 34.2 Å². The molecule has 11 aromatic rings. The third-order valence-corrected chi connectivity index (χ3v) is 11.3. The molecule has 0 atom stereocenters. The molecule has 0 saturated carbocycles. The van der Waals surface area contributed by atoms with E-state index in [0.717, 1.165) is 56.2 Å². The van der Waals surface area contributed by atoms with Crippen LogP contribution in [0.15, 0.2) is 170 Å². The number of pyridine rings is 2. The Balaban J connectivity index is 1.15. The Morgan fingerprint density at radius 2 is 0.882 bits per heavy atom. The second-order valence-electron chi connectivity index (χ2n) is 13.0. The van der Waals surface area contributed by atoms with Gasteiger partial charge in [0, 0.05) is 52.8 Å². The highest BCUT2D eigenvalue weighted by atomic mass is 32.1. The van der Waals surface area contributed by atoms with Crippen LogP contribution in [0, 0.1) is 0 Å². The topological polar surface area (TPSA) is 35.6 Å². The van der Waals surface area contributed by atoms with Crippen molar-refractivity contribution in [1.82, 2.24) is 19.1 Å². The smallest absolute Gasteiger partial charge is 0.138 e. The largest absolute Gasteiger partial charge is 0.294 e. The number of hydrogen-bond acceptors (Lipinski definition) is 3. The summed E-state index contributed by atoms with van der Waals surface area (Å²) in [6.07, 6.45) is 0. The van der Waals surface area contributed by atoms with Gasteiger partial charge in [-0.25, -0.2) is 9.97 Å². The first-order chi connectivity index (χ1) is 25.3. The highest BCUT2D eigenvalue weighted by molar-refractivity contribution is 7.25. The van der Waals surface area contributed by atoms with Crippen LogP contribution in [0.1, 0.15) is 0 Å². The van der Waals surface area contributed by atoms with E-state index in [9.17, 15) is 0 Å². The number of hydrogen-bond donors (Lipinski definition) is 0. The summed E-state index contributed by atoms with van der Waals surface area (Å²) in [6, 6.07) is 60.5. The van der Waals surface area contributed by atoms with Gasteiger partial charge in [0.1, 0.15) is 11.6 Å². The number of thiophene rings is 1. The molecular formula is C46H28N4S. The van der Waals surface area contributed by atoms with Crippen LogP contribution in [0.3, 0.4) is 0 Å². The van der Waals surface area contributed by atoms with Gasteiger partial charge in [-0.15, -0.1) is 11.3 Å². The van der Waals surface area contributed by atoms with Crippen LogP contribution >= 0.6 is 11.3 Å². The lowest BCUT2D eigenvalue weighted by molar-refractivity contribution is 1.07. The molecular weight excluding hydrogens is 641 g/mol. The molecule has 11 rings (SSSR count). The minimum atomic E-state index is 0.889. The number of fused-ring (bicyclic) bond motifs is 9. The Labute approximate surface area is 297 Å². The lowest BCUT2D eigenvalue weighted by atomic mass is 10.1. The minimum Gasteiger partial charge on any atom is -0.294 e. The quantitative estimate of drug-likeness (QED) is 0.187. The predicted octanol–water partition coefficient (Wildman–Crippen LogP) is 12.4. The van der Waals surface area contributed by atoms with Crippen molar-refractivity contribution in [2.45, 2.75) is 0 Å². The molecule has 0 fully saturated rings. The highest BCUT2D eigenvalue weighted by Crippen LogP contribution is 2.40. The van der Waals surface area contributed by atoms with Gasteiger partial charge in [0.25, 0.3) is 0 Å². The first-order valence-electron chi connectivity index (χ1n) is 17.2. The molecule has 0 amide bonds. The van der Waals surface area contributed by atoms with E-state index in [4.69, 9.17) is 9.97 Å². The third-order valence-electron chi connectivity index (χ3n) is 10.1. The maximum absolute atomic E-state index is 5.35. The van der Waals surface area contributed by atoms with E-state index < -0.39 is 0 Å². The first-order valence-corrected chi connectivity index (χ1v) is 18.0. The average Bonchev–Trinajstić information content (AvgIpc) is 3.84.